The van der Waals surface area contributed by atoms with Gasteiger partial charge in [-0.1, -0.05) is 12.1 Å². The molecular formula is C22H18F2N4OS. The van der Waals surface area contributed by atoms with E-state index < -0.39 is 5.82 Å². The summed E-state index contributed by atoms with van der Waals surface area (Å²) >= 11 is 1.27. The lowest BCUT2D eigenvalue weighted by Crippen LogP contribution is -2.12. The zero-order valence-electron chi connectivity index (χ0n) is 16.3. The summed E-state index contributed by atoms with van der Waals surface area (Å²) < 4.78 is 29.3. The van der Waals surface area contributed by atoms with Gasteiger partial charge in [0.15, 0.2) is 0 Å². The topological polar surface area (TPSA) is 59.8 Å². The fourth-order valence-electron chi connectivity index (χ4n) is 3.12. The average molecular weight is 424 g/mol. The average Bonchev–Trinajstić information content (AvgIpc) is 3.29. The summed E-state index contributed by atoms with van der Waals surface area (Å²) in [6, 6.07) is 10.7. The van der Waals surface area contributed by atoms with E-state index in [1.54, 1.807) is 55.1 Å². The predicted octanol–water partition coefficient (Wildman–Crippen LogP) is 5.07. The SMILES string of the molecule is Cc1nc(Cc2ccc(F)cc2)sc1C(=O)Nc1ccc(-n2ccnc2C)c(F)c1. The first-order valence-electron chi connectivity index (χ1n) is 9.22. The van der Waals surface area contributed by atoms with E-state index in [2.05, 4.69) is 15.3 Å². The van der Waals surface area contributed by atoms with Crippen LogP contribution in [0.3, 0.4) is 0 Å². The number of aromatic nitrogens is 3. The van der Waals surface area contributed by atoms with Crippen LogP contribution in [0.1, 0.15) is 31.8 Å². The Bertz CT molecular complexity index is 1210. The fourth-order valence-corrected chi connectivity index (χ4v) is 4.11. The second-order valence-corrected chi connectivity index (χ2v) is 7.87. The number of anilines is 1. The van der Waals surface area contributed by atoms with E-state index in [0.717, 1.165) is 10.6 Å². The summed E-state index contributed by atoms with van der Waals surface area (Å²) in [6.07, 6.45) is 3.78. The number of benzene rings is 2. The molecule has 0 radical (unpaired) electrons. The van der Waals surface area contributed by atoms with Gasteiger partial charge in [0.05, 0.1) is 16.4 Å². The van der Waals surface area contributed by atoms with Gasteiger partial charge < -0.3 is 9.88 Å². The molecule has 4 rings (SSSR count). The molecule has 4 aromatic rings. The summed E-state index contributed by atoms with van der Waals surface area (Å²) in [7, 11) is 0. The van der Waals surface area contributed by atoms with Crippen LogP contribution >= 0.6 is 11.3 Å². The van der Waals surface area contributed by atoms with Gasteiger partial charge in [0.25, 0.3) is 5.91 Å². The number of halogens is 2. The Kier molecular flexibility index (Phi) is 5.41. The smallest absolute Gasteiger partial charge is 0.267 e. The molecule has 0 bridgehead atoms. The van der Waals surface area contributed by atoms with Gasteiger partial charge in [-0.3, -0.25) is 4.79 Å². The third kappa shape index (κ3) is 4.13. The number of carbonyl (C=O) groups excluding carboxylic acids is 1. The van der Waals surface area contributed by atoms with E-state index in [1.165, 1.54) is 29.5 Å². The van der Waals surface area contributed by atoms with Gasteiger partial charge in [-0.25, -0.2) is 18.7 Å². The molecule has 30 heavy (non-hydrogen) atoms. The zero-order valence-corrected chi connectivity index (χ0v) is 17.1. The highest BCUT2D eigenvalue weighted by Crippen LogP contribution is 2.24. The molecule has 0 atom stereocenters. The van der Waals surface area contributed by atoms with Crippen molar-refractivity contribution in [1.29, 1.82) is 0 Å². The van der Waals surface area contributed by atoms with Crippen LogP contribution in [0.5, 0.6) is 0 Å². The van der Waals surface area contributed by atoms with Crippen molar-refractivity contribution in [2.24, 2.45) is 0 Å². The lowest BCUT2D eigenvalue weighted by atomic mass is 10.1. The Hall–Kier alpha value is -3.39. The molecule has 0 aliphatic rings. The van der Waals surface area contributed by atoms with Gasteiger partial charge in [0.2, 0.25) is 0 Å². The molecule has 2 aromatic carbocycles. The number of nitrogens with one attached hydrogen (secondary N) is 1. The Morgan fingerprint density at radius 2 is 1.90 bits per heavy atom. The van der Waals surface area contributed by atoms with Gasteiger partial charge in [0, 0.05) is 24.5 Å². The summed E-state index contributed by atoms with van der Waals surface area (Å²) in [5.41, 5.74) is 2.22. The van der Waals surface area contributed by atoms with E-state index in [-0.39, 0.29) is 11.7 Å². The molecule has 0 saturated carbocycles. The van der Waals surface area contributed by atoms with Crippen LogP contribution in [-0.4, -0.2) is 20.4 Å². The first-order valence-corrected chi connectivity index (χ1v) is 10.0. The van der Waals surface area contributed by atoms with Crippen molar-refractivity contribution in [3.8, 4) is 5.69 Å². The van der Waals surface area contributed by atoms with E-state index in [4.69, 9.17) is 0 Å². The molecule has 0 saturated heterocycles. The van der Waals surface area contributed by atoms with Crippen molar-refractivity contribution in [3.63, 3.8) is 0 Å². The second-order valence-electron chi connectivity index (χ2n) is 6.79. The first-order chi connectivity index (χ1) is 14.4. The van der Waals surface area contributed by atoms with Gasteiger partial charge in [-0.2, -0.15) is 0 Å². The van der Waals surface area contributed by atoms with E-state index in [0.29, 0.717) is 34.2 Å². The highest BCUT2D eigenvalue weighted by molar-refractivity contribution is 7.14. The largest absolute Gasteiger partial charge is 0.321 e. The van der Waals surface area contributed by atoms with Crippen LogP contribution in [0.15, 0.2) is 54.9 Å². The van der Waals surface area contributed by atoms with Crippen molar-refractivity contribution in [2.45, 2.75) is 20.3 Å². The van der Waals surface area contributed by atoms with Crippen LogP contribution in [0.25, 0.3) is 5.69 Å². The normalized spacial score (nSPS) is 10.9. The van der Waals surface area contributed by atoms with Crippen LogP contribution in [0.2, 0.25) is 0 Å². The lowest BCUT2D eigenvalue weighted by Gasteiger charge is -2.09. The van der Waals surface area contributed by atoms with Crippen LogP contribution in [0.4, 0.5) is 14.5 Å². The molecule has 0 fully saturated rings. The molecular weight excluding hydrogens is 406 g/mol. The monoisotopic (exact) mass is 424 g/mol. The molecule has 2 heterocycles. The number of imidazole rings is 1. The lowest BCUT2D eigenvalue weighted by molar-refractivity contribution is 0.103. The van der Waals surface area contributed by atoms with Crippen molar-refractivity contribution in [3.05, 3.63) is 93.5 Å². The molecule has 2 aromatic heterocycles. The molecule has 1 N–H and O–H groups in total. The molecule has 5 nitrogen and oxygen atoms in total. The summed E-state index contributed by atoms with van der Waals surface area (Å²) in [5.74, 6) is -0.441. The van der Waals surface area contributed by atoms with Crippen molar-refractivity contribution in [1.82, 2.24) is 14.5 Å². The summed E-state index contributed by atoms with van der Waals surface area (Å²) in [4.78, 5) is 21.7. The number of hydrogen-bond acceptors (Lipinski definition) is 4. The molecule has 0 spiro atoms. The molecule has 0 aliphatic heterocycles. The Balaban J connectivity index is 1.50. The number of nitrogens with zero attached hydrogens (tertiary/aromatic N) is 3. The molecule has 0 unspecified atom stereocenters. The maximum Gasteiger partial charge on any atom is 0.267 e. The number of rotatable bonds is 5. The number of carbonyl (C=O) groups is 1. The minimum absolute atomic E-state index is 0.296. The molecule has 0 aliphatic carbocycles. The molecule has 152 valence electrons. The van der Waals surface area contributed by atoms with Gasteiger partial charge in [-0.05, 0) is 49.7 Å². The fraction of sp³-hybridized carbons (Fsp3) is 0.136. The van der Waals surface area contributed by atoms with Crippen LogP contribution < -0.4 is 5.32 Å². The third-order valence-corrected chi connectivity index (χ3v) is 5.76. The number of aryl methyl sites for hydroxylation is 2. The predicted molar refractivity (Wildman–Crippen MR) is 112 cm³/mol. The maximum absolute atomic E-state index is 14.6. The summed E-state index contributed by atoms with van der Waals surface area (Å²) in [5, 5.41) is 3.48. The van der Waals surface area contributed by atoms with E-state index in [1.807, 2.05) is 0 Å². The van der Waals surface area contributed by atoms with Crippen molar-refractivity contribution < 1.29 is 13.6 Å². The zero-order chi connectivity index (χ0) is 21.3. The van der Waals surface area contributed by atoms with Crippen molar-refractivity contribution in [2.75, 3.05) is 5.32 Å². The first kappa shape index (κ1) is 19.9. The number of amides is 1. The van der Waals surface area contributed by atoms with E-state index in [9.17, 15) is 13.6 Å². The van der Waals surface area contributed by atoms with Crippen LogP contribution in [0, 0.1) is 25.5 Å². The van der Waals surface area contributed by atoms with Gasteiger partial charge >= 0.3 is 0 Å². The van der Waals surface area contributed by atoms with Crippen LogP contribution in [-0.2, 0) is 6.42 Å². The number of thiazole rings is 1. The minimum Gasteiger partial charge on any atom is -0.321 e. The molecule has 1 amide bonds. The van der Waals surface area contributed by atoms with Gasteiger partial charge in [-0.15, -0.1) is 11.3 Å². The second kappa shape index (κ2) is 8.16. The maximum atomic E-state index is 14.6. The van der Waals surface area contributed by atoms with E-state index >= 15 is 0 Å². The summed E-state index contributed by atoms with van der Waals surface area (Å²) in [6.45, 7) is 3.54. The minimum atomic E-state index is -0.466. The quantitative estimate of drug-likeness (QED) is 0.487. The highest BCUT2D eigenvalue weighted by atomic mass is 32.1. The third-order valence-electron chi connectivity index (χ3n) is 4.61. The number of hydrogen-bond donors (Lipinski definition) is 1. The Morgan fingerprint density at radius 3 is 2.57 bits per heavy atom. The van der Waals surface area contributed by atoms with Crippen molar-refractivity contribution >= 4 is 22.9 Å². The highest BCUT2D eigenvalue weighted by Gasteiger charge is 2.17. The Labute approximate surface area is 176 Å². The van der Waals surface area contributed by atoms with Gasteiger partial charge in [0.1, 0.15) is 22.3 Å². The standard InChI is InChI=1S/C22H18F2N4OS/c1-13-21(30-20(26-13)11-15-3-5-16(23)6-4-15)22(29)27-17-7-8-19(18(24)12-17)28-10-9-25-14(28)2/h3-10,12H,11H2,1-2H3,(H,27,29). The molecule has 8 heteroatoms. The Morgan fingerprint density at radius 1 is 1.13 bits per heavy atom.